The summed E-state index contributed by atoms with van der Waals surface area (Å²) < 4.78 is 0. The Bertz CT molecular complexity index is 226. The second-order valence-corrected chi connectivity index (χ2v) is 2.62. The summed E-state index contributed by atoms with van der Waals surface area (Å²) in [6.07, 6.45) is 1.69. The van der Waals surface area contributed by atoms with Crippen LogP contribution in [0, 0.1) is 0 Å². The molecule has 0 aliphatic carbocycles. The van der Waals surface area contributed by atoms with Crippen molar-refractivity contribution < 1.29 is 0 Å². The van der Waals surface area contributed by atoms with Gasteiger partial charge >= 0.3 is 0 Å². The smallest absolute Gasteiger partial charge is 0.128 e. The number of nitrogens with zero attached hydrogens (tertiary/aromatic N) is 2. The van der Waals surface area contributed by atoms with E-state index in [4.69, 9.17) is 5.73 Å². The van der Waals surface area contributed by atoms with Gasteiger partial charge in [0, 0.05) is 13.1 Å². The van der Waals surface area contributed by atoms with Crippen LogP contribution in [0.25, 0.3) is 0 Å². The molecular weight excluding hydrogens is 150 g/mol. The molecule has 0 saturated heterocycles. The highest BCUT2D eigenvalue weighted by atomic mass is 15.2. The molecule has 2 N–H and O–H groups in total. The van der Waals surface area contributed by atoms with E-state index in [-0.39, 0.29) is 0 Å². The van der Waals surface area contributed by atoms with Crippen molar-refractivity contribution in [2.75, 3.05) is 23.7 Å². The van der Waals surface area contributed by atoms with E-state index < -0.39 is 0 Å². The van der Waals surface area contributed by atoms with Gasteiger partial charge in [0.15, 0.2) is 0 Å². The van der Waals surface area contributed by atoms with Gasteiger partial charge in [0.2, 0.25) is 0 Å². The van der Waals surface area contributed by atoms with Crippen LogP contribution in [0.2, 0.25) is 0 Å². The van der Waals surface area contributed by atoms with E-state index in [9.17, 15) is 0 Å². The lowest BCUT2D eigenvalue weighted by Crippen LogP contribution is -2.22. The summed E-state index contributed by atoms with van der Waals surface area (Å²) in [5.41, 5.74) is 6.24. The second-order valence-electron chi connectivity index (χ2n) is 2.62. The standard InChI is InChI=1S/C9H15N3/c1-3-12(4-2)9-6-5-8(10)7-11-9/h5-7H,3-4,10H2,1-2H3. The highest BCUT2D eigenvalue weighted by molar-refractivity contribution is 5.45. The molecule has 0 saturated carbocycles. The number of aromatic nitrogens is 1. The van der Waals surface area contributed by atoms with E-state index in [1.165, 1.54) is 0 Å². The maximum atomic E-state index is 5.53. The first kappa shape index (κ1) is 8.84. The lowest BCUT2D eigenvalue weighted by atomic mass is 10.4. The first-order valence-corrected chi connectivity index (χ1v) is 4.24. The van der Waals surface area contributed by atoms with Gasteiger partial charge in [0.05, 0.1) is 11.9 Å². The van der Waals surface area contributed by atoms with Gasteiger partial charge in [0.25, 0.3) is 0 Å². The molecule has 0 aliphatic heterocycles. The zero-order chi connectivity index (χ0) is 8.97. The molecule has 0 aliphatic rings. The number of nitrogens with two attached hydrogens (primary N) is 1. The summed E-state index contributed by atoms with van der Waals surface area (Å²) in [6, 6.07) is 3.82. The van der Waals surface area contributed by atoms with Gasteiger partial charge in [-0.2, -0.15) is 0 Å². The fourth-order valence-corrected chi connectivity index (χ4v) is 1.13. The van der Waals surface area contributed by atoms with Gasteiger partial charge in [-0.15, -0.1) is 0 Å². The van der Waals surface area contributed by atoms with Crippen LogP contribution in [0.3, 0.4) is 0 Å². The number of hydrogen-bond acceptors (Lipinski definition) is 3. The molecule has 3 heteroatoms. The predicted octanol–water partition coefficient (Wildman–Crippen LogP) is 1.51. The Morgan fingerprint density at radius 2 is 2.00 bits per heavy atom. The van der Waals surface area contributed by atoms with Crippen LogP contribution in [0.4, 0.5) is 11.5 Å². The third-order valence-corrected chi connectivity index (χ3v) is 1.86. The Labute approximate surface area is 73.2 Å². The van der Waals surface area contributed by atoms with Gasteiger partial charge in [0.1, 0.15) is 5.82 Å². The Balaban J connectivity index is 2.80. The summed E-state index contributed by atoms with van der Waals surface area (Å²) in [5, 5.41) is 0. The molecule has 0 amide bonds. The molecule has 1 rings (SSSR count). The minimum Gasteiger partial charge on any atom is -0.397 e. The van der Waals surface area contributed by atoms with E-state index in [1.807, 2.05) is 12.1 Å². The monoisotopic (exact) mass is 165 g/mol. The van der Waals surface area contributed by atoms with Crippen molar-refractivity contribution in [3.63, 3.8) is 0 Å². The number of nitrogen functional groups attached to an aromatic ring is 1. The molecule has 0 atom stereocenters. The lowest BCUT2D eigenvalue weighted by Gasteiger charge is -2.19. The summed E-state index contributed by atoms with van der Waals surface area (Å²) in [6.45, 7) is 6.18. The van der Waals surface area contributed by atoms with Crippen molar-refractivity contribution in [3.8, 4) is 0 Å². The Morgan fingerprint density at radius 3 is 2.42 bits per heavy atom. The first-order chi connectivity index (χ1) is 5.77. The molecule has 0 radical (unpaired) electrons. The van der Waals surface area contributed by atoms with Crippen molar-refractivity contribution in [2.24, 2.45) is 0 Å². The average Bonchev–Trinajstić information content (AvgIpc) is 2.10. The molecule has 0 spiro atoms. The Kier molecular flexibility index (Phi) is 2.91. The molecule has 12 heavy (non-hydrogen) atoms. The third kappa shape index (κ3) is 1.87. The number of rotatable bonds is 3. The molecule has 0 aromatic carbocycles. The average molecular weight is 165 g/mol. The maximum absolute atomic E-state index is 5.53. The molecular formula is C9H15N3. The number of hydrogen-bond donors (Lipinski definition) is 1. The minimum absolute atomic E-state index is 0.714. The third-order valence-electron chi connectivity index (χ3n) is 1.86. The quantitative estimate of drug-likeness (QED) is 0.738. The van der Waals surface area contributed by atoms with Crippen molar-refractivity contribution in [2.45, 2.75) is 13.8 Å². The van der Waals surface area contributed by atoms with Gasteiger partial charge in [-0.25, -0.2) is 4.98 Å². The Hall–Kier alpha value is -1.25. The molecule has 1 aromatic rings. The molecule has 1 heterocycles. The summed E-state index contributed by atoms with van der Waals surface area (Å²) in [4.78, 5) is 6.40. The van der Waals surface area contributed by atoms with Crippen LogP contribution < -0.4 is 10.6 Å². The molecule has 0 fully saturated rings. The van der Waals surface area contributed by atoms with Crippen molar-refractivity contribution in [1.82, 2.24) is 4.98 Å². The van der Waals surface area contributed by atoms with E-state index in [0.717, 1.165) is 18.9 Å². The molecule has 66 valence electrons. The summed E-state index contributed by atoms with van der Waals surface area (Å²) >= 11 is 0. The van der Waals surface area contributed by atoms with Crippen LogP contribution in [0.15, 0.2) is 18.3 Å². The van der Waals surface area contributed by atoms with Crippen molar-refractivity contribution >= 4 is 11.5 Å². The zero-order valence-corrected chi connectivity index (χ0v) is 7.62. The summed E-state index contributed by atoms with van der Waals surface area (Å²) in [7, 11) is 0. The normalized spacial score (nSPS) is 9.83. The van der Waals surface area contributed by atoms with E-state index >= 15 is 0 Å². The SMILES string of the molecule is CCN(CC)c1ccc(N)cn1. The fourth-order valence-electron chi connectivity index (χ4n) is 1.13. The van der Waals surface area contributed by atoms with Crippen molar-refractivity contribution in [3.05, 3.63) is 18.3 Å². The van der Waals surface area contributed by atoms with Gasteiger partial charge in [-0.1, -0.05) is 0 Å². The topological polar surface area (TPSA) is 42.1 Å². The van der Waals surface area contributed by atoms with Crippen LogP contribution in [0.5, 0.6) is 0 Å². The molecule has 0 unspecified atom stereocenters. The number of anilines is 2. The van der Waals surface area contributed by atoms with E-state index in [1.54, 1.807) is 6.20 Å². The van der Waals surface area contributed by atoms with Crippen LogP contribution in [0.1, 0.15) is 13.8 Å². The molecule has 1 aromatic heterocycles. The minimum atomic E-state index is 0.714. The van der Waals surface area contributed by atoms with E-state index in [0.29, 0.717) is 5.69 Å². The van der Waals surface area contributed by atoms with Crippen LogP contribution >= 0.6 is 0 Å². The van der Waals surface area contributed by atoms with Gasteiger partial charge in [-0.3, -0.25) is 0 Å². The highest BCUT2D eigenvalue weighted by Crippen LogP contribution is 2.10. The molecule has 0 bridgehead atoms. The maximum Gasteiger partial charge on any atom is 0.128 e. The van der Waals surface area contributed by atoms with Gasteiger partial charge < -0.3 is 10.6 Å². The lowest BCUT2D eigenvalue weighted by molar-refractivity contribution is 0.846. The second kappa shape index (κ2) is 3.95. The van der Waals surface area contributed by atoms with Crippen LogP contribution in [-0.4, -0.2) is 18.1 Å². The Morgan fingerprint density at radius 1 is 1.33 bits per heavy atom. The first-order valence-electron chi connectivity index (χ1n) is 4.24. The van der Waals surface area contributed by atoms with Crippen molar-refractivity contribution in [1.29, 1.82) is 0 Å². The highest BCUT2D eigenvalue weighted by Gasteiger charge is 2.00. The predicted molar refractivity (Wildman–Crippen MR) is 52.2 cm³/mol. The summed E-state index contributed by atoms with van der Waals surface area (Å²) in [5.74, 6) is 0.995. The largest absolute Gasteiger partial charge is 0.397 e. The van der Waals surface area contributed by atoms with Gasteiger partial charge in [-0.05, 0) is 26.0 Å². The zero-order valence-electron chi connectivity index (χ0n) is 7.62. The van der Waals surface area contributed by atoms with Crippen LogP contribution in [-0.2, 0) is 0 Å². The fraction of sp³-hybridized carbons (Fsp3) is 0.444. The molecule has 3 nitrogen and oxygen atoms in total. The number of pyridine rings is 1. The van der Waals surface area contributed by atoms with E-state index in [2.05, 4.69) is 23.7 Å².